The second-order valence-corrected chi connectivity index (χ2v) is 10.8. The maximum absolute atomic E-state index is 14.9. The van der Waals surface area contributed by atoms with Crippen molar-refractivity contribution in [1.29, 1.82) is 0 Å². The third-order valence-electron chi connectivity index (χ3n) is 7.42. The van der Waals surface area contributed by atoms with Crippen molar-refractivity contribution < 1.29 is 23.0 Å². The number of rotatable bonds is 11. The number of nitrogens with one attached hydrogen (secondary N) is 2. The van der Waals surface area contributed by atoms with Gasteiger partial charge in [-0.3, -0.25) is 4.79 Å². The summed E-state index contributed by atoms with van der Waals surface area (Å²) in [6.07, 6.45) is 2.08. The molecule has 5 rings (SSSR count). The van der Waals surface area contributed by atoms with E-state index in [1.165, 1.54) is 36.5 Å². The fraction of sp³-hybridized carbons (Fsp3) is 0.303. The summed E-state index contributed by atoms with van der Waals surface area (Å²) in [5.74, 6) is -1.79. The first-order chi connectivity index (χ1) is 21.3. The molecular weight excluding hydrogens is 566 g/mol. The van der Waals surface area contributed by atoms with Gasteiger partial charge in [-0.2, -0.15) is 4.98 Å². The zero-order chi connectivity index (χ0) is 31.1. The number of halogens is 2. The molecule has 0 atom stereocenters. The van der Waals surface area contributed by atoms with Crippen LogP contribution in [0.15, 0.2) is 66.9 Å². The Morgan fingerprint density at radius 1 is 0.932 bits per heavy atom. The second-order valence-electron chi connectivity index (χ2n) is 10.8. The van der Waals surface area contributed by atoms with Gasteiger partial charge in [0, 0.05) is 56.4 Å². The molecule has 230 valence electrons. The summed E-state index contributed by atoms with van der Waals surface area (Å²) in [4.78, 5) is 26.6. The van der Waals surface area contributed by atoms with Gasteiger partial charge < -0.3 is 29.9 Å². The summed E-state index contributed by atoms with van der Waals surface area (Å²) >= 11 is 0. The standard InChI is InChI=1S/C33H36F2N6O3/c1-22-8-6-9-23(2)30(22)38-31(42)25-21-36-33(39-32(25)44-29-11-5-4-10-26(29)34)37-24-12-13-28(27(35)20-24)43-19-7-14-41-17-15-40(3)16-18-41/h4-6,8-13,20-21H,7,14-19H2,1-3H3,(H,38,42)(H,36,37,39). The number of likely N-dealkylation sites (N-methyl/N-ethyl adjacent to an activating group) is 1. The van der Waals surface area contributed by atoms with E-state index in [1.807, 2.05) is 32.0 Å². The summed E-state index contributed by atoms with van der Waals surface area (Å²) in [5, 5.41) is 5.81. The van der Waals surface area contributed by atoms with Crippen molar-refractivity contribution in [3.05, 3.63) is 95.2 Å². The Kier molecular flexibility index (Phi) is 9.98. The molecule has 1 aliphatic heterocycles. The van der Waals surface area contributed by atoms with Gasteiger partial charge in [-0.05, 0) is 62.7 Å². The van der Waals surface area contributed by atoms with Gasteiger partial charge in [0.2, 0.25) is 11.8 Å². The average molecular weight is 603 g/mol. The molecule has 1 aliphatic rings. The van der Waals surface area contributed by atoms with E-state index >= 15 is 0 Å². The monoisotopic (exact) mass is 602 g/mol. The normalized spacial score (nSPS) is 13.8. The van der Waals surface area contributed by atoms with E-state index in [-0.39, 0.29) is 28.9 Å². The Bertz CT molecular complexity index is 1590. The van der Waals surface area contributed by atoms with E-state index in [1.54, 1.807) is 12.1 Å². The molecule has 1 amide bonds. The Labute approximate surface area is 255 Å². The lowest BCUT2D eigenvalue weighted by Gasteiger charge is -2.32. The molecule has 0 spiro atoms. The van der Waals surface area contributed by atoms with E-state index in [4.69, 9.17) is 9.47 Å². The lowest BCUT2D eigenvalue weighted by atomic mass is 10.1. The van der Waals surface area contributed by atoms with Crippen molar-refractivity contribution in [3.63, 3.8) is 0 Å². The number of carbonyl (C=O) groups is 1. The molecule has 0 saturated carbocycles. The number of hydrogen-bond acceptors (Lipinski definition) is 8. The van der Waals surface area contributed by atoms with Crippen molar-refractivity contribution in [1.82, 2.24) is 19.8 Å². The minimum atomic E-state index is -0.622. The van der Waals surface area contributed by atoms with Crippen LogP contribution < -0.4 is 20.1 Å². The molecule has 44 heavy (non-hydrogen) atoms. The summed E-state index contributed by atoms with van der Waals surface area (Å²) in [6.45, 7) is 9.22. The third-order valence-corrected chi connectivity index (χ3v) is 7.42. The highest BCUT2D eigenvalue weighted by Crippen LogP contribution is 2.29. The topological polar surface area (TPSA) is 91.8 Å². The van der Waals surface area contributed by atoms with Crippen LogP contribution in [-0.2, 0) is 0 Å². The summed E-state index contributed by atoms with van der Waals surface area (Å²) < 4.78 is 40.8. The first-order valence-electron chi connectivity index (χ1n) is 14.5. The maximum Gasteiger partial charge on any atom is 0.262 e. The largest absolute Gasteiger partial charge is 0.490 e. The highest BCUT2D eigenvalue weighted by molar-refractivity contribution is 6.06. The van der Waals surface area contributed by atoms with Crippen molar-refractivity contribution >= 4 is 23.2 Å². The highest BCUT2D eigenvalue weighted by Gasteiger charge is 2.20. The number of aromatic nitrogens is 2. The van der Waals surface area contributed by atoms with Crippen molar-refractivity contribution in [2.75, 3.05) is 57.0 Å². The molecule has 1 aromatic heterocycles. The number of ether oxygens (including phenoxy) is 2. The van der Waals surface area contributed by atoms with Crippen LogP contribution in [0.4, 0.5) is 26.1 Å². The molecule has 9 nitrogen and oxygen atoms in total. The zero-order valence-electron chi connectivity index (χ0n) is 25.1. The van der Waals surface area contributed by atoms with E-state index in [9.17, 15) is 13.6 Å². The van der Waals surface area contributed by atoms with Crippen LogP contribution in [0.2, 0.25) is 0 Å². The van der Waals surface area contributed by atoms with Gasteiger partial charge >= 0.3 is 0 Å². The molecule has 11 heteroatoms. The fourth-order valence-corrected chi connectivity index (χ4v) is 4.85. The van der Waals surface area contributed by atoms with Gasteiger partial charge in [0.05, 0.1) is 6.61 Å². The van der Waals surface area contributed by atoms with Crippen LogP contribution in [-0.4, -0.2) is 72.1 Å². The minimum Gasteiger partial charge on any atom is -0.490 e. The molecule has 0 bridgehead atoms. The predicted molar refractivity (Wildman–Crippen MR) is 166 cm³/mol. The molecule has 1 fully saturated rings. The van der Waals surface area contributed by atoms with Crippen LogP contribution in [0, 0.1) is 25.5 Å². The summed E-state index contributed by atoms with van der Waals surface area (Å²) in [6, 6.07) is 15.9. The molecular formula is C33H36F2N6O3. The quantitative estimate of drug-likeness (QED) is 0.197. The van der Waals surface area contributed by atoms with Gasteiger partial charge in [0.25, 0.3) is 5.91 Å². The smallest absolute Gasteiger partial charge is 0.262 e. The van der Waals surface area contributed by atoms with Gasteiger partial charge in [-0.15, -0.1) is 0 Å². The highest BCUT2D eigenvalue weighted by atomic mass is 19.1. The number of para-hydroxylation sites is 2. The van der Waals surface area contributed by atoms with Crippen LogP contribution in [0.5, 0.6) is 17.4 Å². The summed E-state index contributed by atoms with van der Waals surface area (Å²) in [5.41, 5.74) is 2.75. The molecule has 3 aromatic carbocycles. The van der Waals surface area contributed by atoms with Gasteiger partial charge in [0.1, 0.15) is 5.56 Å². The first kappa shape index (κ1) is 30.8. The van der Waals surface area contributed by atoms with Gasteiger partial charge in [-0.25, -0.2) is 13.8 Å². The average Bonchev–Trinajstić information content (AvgIpc) is 3.00. The van der Waals surface area contributed by atoms with Gasteiger partial charge in [0.15, 0.2) is 23.1 Å². The summed E-state index contributed by atoms with van der Waals surface area (Å²) in [7, 11) is 2.12. The van der Waals surface area contributed by atoms with Crippen LogP contribution in [0.3, 0.4) is 0 Å². The molecule has 1 saturated heterocycles. The number of hydrogen-bond donors (Lipinski definition) is 2. The van der Waals surface area contributed by atoms with E-state index in [2.05, 4.69) is 37.4 Å². The fourth-order valence-electron chi connectivity index (χ4n) is 4.85. The number of aryl methyl sites for hydroxylation is 2. The number of benzene rings is 3. The molecule has 0 aliphatic carbocycles. The molecule has 2 heterocycles. The van der Waals surface area contributed by atoms with E-state index in [0.29, 0.717) is 18.0 Å². The Morgan fingerprint density at radius 3 is 2.41 bits per heavy atom. The number of nitrogens with zero attached hydrogens (tertiary/aromatic N) is 4. The van der Waals surface area contributed by atoms with Crippen LogP contribution >= 0.6 is 0 Å². The maximum atomic E-state index is 14.9. The number of piperazine rings is 1. The number of carbonyl (C=O) groups excluding carboxylic acids is 1. The van der Waals surface area contributed by atoms with Crippen molar-refractivity contribution in [2.24, 2.45) is 0 Å². The van der Waals surface area contributed by atoms with E-state index < -0.39 is 17.5 Å². The predicted octanol–water partition coefficient (Wildman–Crippen LogP) is 6.18. The minimum absolute atomic E-state index is 0.00652. The Morgan fingerprint density at radius 2 is 1.68 bits per heavy atom. The van der Waals surface area contributed by atoms with Crippen molar-refractivity contribution in [2.45, 2.75) is 20.3 Å². The number of anilines is 3. The SMILES string of the molecule is Cc1cccc(C)c1NC(=O)c1cnc(Nc2ccc(OCCCN3CCN(C)CC3)c(F)c2)nc1Oc1ccccc1F. The third kappa shape index (κ3) is 7.86. The van der Waals surface area contributed by atoms with Crippen LogP contribution in [0.1, 0.15) is 27.9 Å². The molecule has 0 radical (unpaired) electrons. The molecule has 2 N–H and O–H groups in total. The van der Waals surface area contributed by atoms with Gasteiger partial charge in [-0.1, -0.05) is 30.3 Å². The Balaban J connectivity index is 1.28. The lowest BCUT2D eigenvalue weighted by Crippen LogP contribution is -2.44. The molecule has 4 aromatic rings. The van der Waals surface area contributed by atoms with Crippen molar-refractivity contribution in [3.8, 4) is 17.4 Å². The second kappa shape index (κ2) is 14.2. The molecule has 0 unspecified atom stereocenters. The zero-order valence-corrected chi connectivity index (χ0v) is 25.1. The Hall–Kier alpha value is -4.61. The van der Waals surface area contributed by atoms with Crippen LogP contribution in [0.25, 0.3) is 0 Å². The first-order valence-corrected chi connectivity index (χ1v) is 14.5. The lowest BCUT2D eigenvalue weighted by molar-refractivity contribution is 0.102. The van der Waals surface area contributed by atoms with E-state index in [0.717, 1.165) is 50.3 Å². The number of amides is 1.